The highest BCUT2D eigenvalue weighted by Crippen LogP contribution is 2.21. The average Bonchev–Trinajstić information content (AvgIpc) is 2.60. The normalized spacial score (nSPS) is 11.1. The van der Waals surface area contributed by atoms with Crippen molar-refractivity contribution in [2.45, 2.75) is 13.5 Å². The van der Waals surface area contributed by atoms with Crippen molar-refractivity contribution >= 4 is 22.4 Å². The van der Waals surface area contributed by atoms with Gasteiger partial charge in [-0.05, 0) is 44.3 Å². The molecular weight excluding hydrogens is 326 g/mol. The number of nitrogens with one attached hydrogen (secondary N) is 1. The second kappa shape index (κ2) is 7.14. The lowest BCUT2D eigenvalue weighted by atomic mass is 10.1. The summed E-state index contributed by atoms with van der Waals surface area (Å²) in [6, 6.07) is 13.3. The molecule has 0 fully saturated rings. The second-order valence-corrected chi connectivity index (χ2v) is 6.85. The molecule has 0 saturated heterocycles. The number of pyridine rings is 1. The van der Waals surface area contributed by atoms with Crippen LogP contribution in [0.4, 0.5) is 5.69 Å². The molecule has 3 aromatic rings. The topological polar surface area (TPSA) is 54.3 Å². The lowest BCUT2D eigenvalue weighted by molar-refractivity contribution is 0.102. The Morgan fingerprint density at radius 2 is 1.81 bits per heavy atom. The number of hydrogen-bond donors (Lipinski definition) is 1. The maximum Gasteiger partial charge on any atom is 0.258 e. The van der Waals surface area contributed by atoms with E-state index in [0.29, 0.717) is 16.3 Å². The van der Waals surface area contributed by atoms with Gasteiger partial charge in [0.15, 0.2) is 0 Å². The first-order valence-corrected chi connectivity index (χ1v) is 8.51. The molecule has 1 amide bonds. The zero-order chi connectivity index (χ0) is 18.8. The van der Waals surface area contributed by atoms with E-state index in [1.807, 2.05) is 39.2 Å². The van der Waals surface area contributed by atoms with E-state index < -0.39 is 0 Å². The largest absolute Gasteiger partial charge is 0.322 e. The van der Waals surface area contributed by atoms with Crippen LogP contribution >= 0.6 is 0 Å². The summed E-state index contributed by atoms with van der Waals surface area (Å²) in [7, 11) is 5.68. The summed E-state index contributed by atoms with van der Waals surface area (Å²) in [6.45, 7) is 2.76. The first-order valence-electron chi connectivity index (χ1n) is 8.51. The smallest absolute Gasteiger partial charge is 0.258 e. The number of anilines is 1. The van der Waals surface area contributed by atoms with Gasteiger partial charge < -0.3 is 14.8 Å². The van der Waals surface area contributed by atoms with Crippen LogP contribution in [0.3, 0.4) is 0 Å². The molecule has 26 heavy (non-hydrogen) atoms. The van der Waals surface area contributed by atoms with Crippen molar-refractivity contribution < 1.29 is 4.79 Å². The van der Waals surface area contributed by atoms with Gasteiger partial charge in [-0.15, -0.1) is 0 Å². The number of amides is 1. The Bertz CT molecular complexity index is 1040. The van der Waals surface area contributed by atoms with Crippen LogP contribution in [0.15, 0.2) is 53.5 Å². The van der Waals surface area contributed by atoms with Crippen LogP contribution in [0, 0.1) is 6.92 Å². The lowest BCUT2D eigenvalue weighted by Crippen LogP contribution is -2.21. The number of carbonyl (C=O) groups excluding carboxylic acids is 1. The fraction of sp³-hybridized carbons (Fsp3) is 0.238. The van der Waals surface area contributed by atoms with E-state index in [2.05, 4.69) is 16.3 Å². The van der Waals surface area contributed by atoms with Gasteiger partial charge in [0.1, 0.15) is 0 Å². The molecular formula is C21H23N3O2. The lowest BCUT2D eigenvalue weighted by Gasteiger charge is -2.14. The number of carbonyl (C=O) groups is 1. The van der Waals surface area contributed by atoms with Crippen LogP contribution in [0.2, 0.25) is 0 Å². The van der Waals surface area contributed by atoms with Crippen molar-refractivity contribution in [2.24, 2.45) is 7.05 Å². The van der Waals surface area contributed by atoms with E-state index in [4.69, 9.17) is 0 Å². The van der Waals surface area contributed by atoms with E-state index >= 15 is 0 Å². The monoisotopic (exact) mass is 349 g/mol. The summed E-state index contributed by atoms with van der Waals surface area (Å²) >= 11 is 0. The van der Waals surface area contributed by atoms with Gasteiger partial charge in [-0.3, -0.25) is 9.59 Å². The van der Waals surface area contributed by atoms with Crippen molar-refractivity contribution in [1.82, 2.24) is 9.47 Å². The fourth-order valence-electron chi connectivity index (χ4n) is 3.05. The third-order valence-corrected chi connectivity index (χ3v) is 4.38. The summed E-state index contributed by atoms with van der Waals surface area (Å²) in [4.78, 5) is 27.3. The van der Waals surface area contributed by atoms with E-state index in [1.165, 1.54) is 4.57 Å². The maximum absolute atomic E-state index is 12.9. The molecule has 0 atom stereocenters. The highest BCUT2D eigenvalue weighted by Gasteiger charge is 2.15. The van der Waals surface area contributed by atoms with Crippen LogP contribution in [-0.4, -0.2) is 29.5 Å². The van der Waals surface area contributed by atoms with Gasteiger partial charge in [0.05, 0.1) is 5.56 Å². The minimum atomic E-state index is -0.220. The van der Waals surface area contributed by atoms with Crippen LogP contribution < -0.4 is 10.9 Å². The third kappa shape index (κ3) is 3.53. The minimum absolute atomic E-state index is 0.110. The van der Waals surface area contributed by atoms with E-state index in [9.17, 15) is 9.59 Å². The first kappa shape index (κ1) is 17.9. The quantitative estimate of drug-likeness (QED) is 0.787. The molecule has 0 unspecified atom stereocenters. The van der Waals surface area contributed by atoms with E-state index in [0.717, 1.165) is 23.4 Å². The summed E-state index contributed by atoms with van der Waals surface area (Å²) in [6.07, 6.45) is 1.60. The van der Waals surface area contributed by atoms with Crippen molar-refractivity contribution in [3.63, 3.8) is 0 Å². The zero-order valence-electron chi connectivity index (χ0n) is 15.5. The van der Waals surface area contributed by atoms with Gasteiger partial charge in [-0.2, -0.15) is 0 Å². The Hall–Kier alpha value is -2.92. The van der Waals surface area contributed by atoms with Gasteiger partial charge in [0, 0.05) is 36.2 Å². The SMILES string of the molecule is Cc1ccc(CN(C)C)cc1NC(=O)c1cn(C)c(=O)c2ccccc12. The predicted molar refractivity (Wildman–Crippen MR) is 106 cm³/mol. The molecule has 0 aliphatic carbocycles. The van der Waals surface area contributed by atoms with Gasteiger partial charge >= 0.3 is 0 Å². The van der Waals surface area contributed by atoms with Gasteiger partial charge in [0.25, 0.3) is 11.5 Å². The van der Waals surface area contributed by atoms with Gasteiger partial charge in [0.2, 0.25) is 0 Å². The van der Waals surface area contributed by atoms with Crippen LogP contribution in [-0.2, 0) is 13.6 Å². The summed E-state index contributed by atoms with van der Waals surface area (Å²) in [5.74, 6) is -0.220. The molecule has 0 aliphatic rings. The maximum atomic E-state index is 12.9. The number of fused-ring (bicyclic) bond motifs is 1. The van der Waals surface area contributed by atoms with Gasteiger partial charge in [-0.25, -0.2) is 0 Å². The molecule has 1 N–H and O–H groups in total. The molecule has 1 aromatic heterocycles. The number of aromatic nitrogens is 1. The molecule has 0 aliphatic heterocycles. The summed E-state index contributed by atoms with van der Waals surface area (Å²) < 4.78 is 1.45. The number of benzene rings is 2. The standard InChI is InChI=1S/C21H23N3O2/c1-14-9-10-15(12-23(2)3)11-19(14)22-20(25)18-13-24(4)21(26)17-8-6-5-7-16(17)18/h5-11,13H,12H2,1-4H3,(H,22,25). The summed E-state index contributed by atoms with van der Waals surface area (Å²) in [5.41, 5.74) is 3.28. The summed E-state index contributed by atoms with van der Waals surface area (Å²) in [5, 5.41) is 4.21. The number of hydrogen-bond acceptors (Lipinski definition) is 3. The number of nitrogens with zero attached hydrogens (tertiary/aromatic N) is 2. The highest BCUT2D eigenvalue weighted by molar-refractivity contribution is 6.12. The highest BCUT2D eigenvalue weighted by atomic mass is 16.2. The molecule has 0 radical (unpaired) electrons. The van der Waals surface area contributed by atoms with Crippen LogP contribution in [0.25, 0.3) is 10.8 Å². The Kier molecular flexibility index (Phi) is 4.91. The van der Waals surface area contributed by atoms with Crippen LogP contribution in [0.1, 0.15) is 21.5 Å². The Balaban J connectivity index is 2.00. The molecule has 3 rings (SSSR count). The number of aryl methyl sites for hydroxylation is 2. The fourth-order valence-corrected chi connectivity index (χ4v) is 3.05. The van der Waals surface area contributed by atoms with E-state index in [1.54, 1.807) is 31.4 Å². The molecule has 0 bridgehead atoms. The van der Waals surface area contributed by atoms with Crippen molar-refractivity contribution in [3.05, 3.63) is 75.7 Å². The third-order valence-electron chi connectivity index (χ3n) is 4.38. The predicted octanol–water partition coefficient (Wildman–Crippen LogP) is 3.16. The average molecular weight is 349 g/mol. The number of rotatable bonds is 4. The molecule has 2 aromatic carbocycles. The molecule has 0 saturated carbocycles. The van der Waals surface area contributed by atoms with Gasteiger partial charge in [-0.1, -0.05) is 30.3 Å². The molecule has 5 heteroatoms. The zero-order valence-corrected chi connectivity index (χ0v) is 15.5. The molecule has 1 heterocycles. The Morgan fingerprint density at radius 1 is 1.12 bits per heavy atom. The van der Waals surface area contributed by atoms with Crippen molar-refractivity contribution in [1.29, 1.82) is 0 Å². The minimum Gasteiger partial charge on any atom is -0.322 e. The molecule has 134 valence electrons. The molecule has 5 nitrogen and oxygen atoms in total. The Labute approximate surface area is 152 Å². The second-order valence-electron chi connectivity index (χ2n) is 6.85. The van der Waals surface area contributed by atoms with Crippen molar-refractivity contribution in [2.75, 3.05) is 19.4 Å². The van der Waals surface area contributed by atoms with E-state index in [-0.39, 0.29) is 11.5 Å². The molecule has 0 spiro atoms. The Morgan fingerprint density at radius 3 is 2.50 bits per heavy atom. The van der Waals surface area contributed by atoms with Crippen molar-refractivity contribution in [3.8, 4) is 0 Å². The van der Waals surface area contributed by atoms with Crippen LogP contribution in [0.5, 0.6) is 0 Å². The first-order chi connectivity index (χ1) is 12.4.